The van der Waals surface area contributed by atoms with Crippen LogP contribution in [0.2, 0.25) is 0 Å². The third-order valence-corrected chi connectivity index (χ3v) is 20.5. The van der Waals surface area contributed by atoms with Gasteiger partial charge < -0.3 is 77.9 Å². The molecule has 12 atom stereocenters. The molecule has 6 aliphatic rings. The summed E-state index contributed by atoms with van der Waals surface area (Å²) < 4.78 is 43.5. The van der Waals surface area contributed by atoms with Crippen LogP contribution in [-0.2, 0) is 30.4 Å². The van der Waals surface area contributed by atoms with Gasteiger partial charge in [-0.25, -0.2) is 0 Å². The number of rotatable bonds is 23. The summed E-state index contributed by atoms with van der Waals surface area (Å²) in [6.07, 6.45) is 5.04. The Morgan fingerprint density at radius 3 is 1.29 bits per heavy atom. The number of aryl methyl sites for hydroxylation is 1. The Labute approximate surface area is 564 Å². The van der Waals surface area contributed by atoms with Crippen LogP contribution in [0.5, 0.6) is 46.0 Å². The molecule has 0 saturated carbocycles. The Balaban J connectivity index is 0.000000181. The van der Waals surface area contributed by atoms with E-state index >= 15 is 0 Å². The minimum Gasteiger partial charge on any atom is -0.497 e. The van der Waals surface area contributed by atoms with Crippen molar-refractivity contribution in [2.24, 2.45) is 23.7 Å². The van der Waals surface area contributed by atoms with Gasteiger partial charge in [-0.2, -0.15) is 0 Å². The zero-order valence-corrected chi connectivity index (χ0v) is 57.7. The average Bonchev–Trinajstić information content (AvgIpc) is 1.62. The van der Waals surface area contributed by atoms with Crippen LogP contribution in [0.3, 0.4) is 0 Å². The van der Waals surface area contributed by atoms with Gasteiger partial charge in [0.1, 0.15) is 17.2 Å². The topological polar surface area (TPSA) is 256 Å². The van der Waals surface area contributed by atoms with Gasteiger partial charge in [-0.3, -0.25) is 28.9 Å². The Morgan fingerprint density at radius 2 is 0.896 bits per heavy atom. The number of para-hydroxylation sites is 1. The first-order valence-corrected chi connectivity index (χ1v) is 33.4. The third-order valence-electron chi connectivity index (χ3n) is 20.5. The zero-order valence-electron chi connectivity index (χ0n) is 57.7. The summed E-state index contributed by atoms with van der Waals surface area (Å²) >= 11 is 0. The maximum absolute atomic E-state index is 13.7. The van der Waals surface area contributed by atoms with Gasteiger partial charge in [0, 0.05) is 87.1 Å². The van der Waals surface area contributed by atoms with Crippen molar-refractivity contribution in [3.05, 3.63) is 131 Å². The predicted octanol–water partition coefficient (Wildman–Crippen LogP) is 10.1. The molecule has 4 saturated heterocycles. The fourth-order valence-corrected chi connectivity index (χ4v) is 14.6. The van der Waals surface area contributed by atoms with Gasteiger partial charge in [-0.1, -0.05) is 75.2 Å². The van der Waals surface area contributed by atoms with Gasteiger partial charge in [0.2, 0.25) is 25.2 Å². The third kappa shape index (κ3) is 17.3. The van der Waals surface area contributed by atoms with Crippen molar-refractivity contribution < 1.29 is 82.3 Å². The van der Waals surface area contributed by atoms with E-state index in [0.29, 0.717) is 61.2 Å². The van der Waals surface area contributed by atoms with E-state index < -0.39 is 29.8 Å². The van der Waals surface area contributed by atoms with Crippen LogP contribution in [0.4, 0.5) is 0 Å². The van der Waals surface area contributed by atoms with E-state index in [1.807, 2.05) is 150 Å². The maximum atomic E-state index is 13.7. The molecule has 6 aliphatic heterocycles. The van der Waals surface area contributed by atoms with Crippen LogP contribution < -0.4 is 37.9 Å². The molecule has 0 unspecified atom stereocenters. The normalized spacial score (nSPS) is 24.9. The van der Waals surface area contributed by atoms with Gasteiger partial charge in [0.25, 0.3) is 0 Å². The van der Waals surface area contributed by atoms with E-state index in [9.17, 15) is 44.4 Å². The maximum Gasteiger partial charge on any atom is 0.308 e. The summed E-state index contributed by atoms with van der Waals surface area (Å²) in [5.74, 6) is 0.410. The Bertz CT molecular complexity index is 3180. The summed E-state index contributed by atoms with van der Waals surface area (Å²) in [5.41, 5.74) is 4.98. The minimum atomic E-state index is -0.886. The van der Waals surface area contributed by atoms with E-state index in [-0.39, 0.29) is 91.6 Å². The average molecular weight is 1330 g/mol. The van der Waals surface area contributed by atoms with Crippen LogP contribution >= 0.6 is 0 Å². The quantitative estimate of drug-likeness (QED) is 0.0474. The van der Waals surface area contributed by atoms with Crippen molar-refractivity contribution in [2.45, 2.75) is 121 Å². The molecule has 0 spiro atoms. The number of nitrogens with zero attached hydrogens (tertiary/aromatic N) is 5. The number of amides is 1. The molecule has 11 rings (SSSR count). The van der Waals surface area contributed by atoms with E-state index in [0.717, 1.165) is 90.4 Å². The molecule has 5 aromatic carbocycles. The Morgan fingerprint density at radius 1 is 0.490 bits per heavy atom. The summed E-state index contributed by atoms with van der Waals surface area (Å²) in [6.45, 7) is 14.8. The van der Waals surface area contributed by atoms with Crippen LogP contribution in [-0.4, -0.2) is 208 Å². The molecule has 4 N–H and O–H groups in total. The summed E-state index contributed by atoms with van der Waals surface area (Å²) in [6, 6.07) is 32.4. The number of carboxylic acids is 4. The number of carboxylic acid groups (broad SMARTS) is 4. The number of ether oxygens (including phenoxy) is 8. The zero-order chi connectivity index (χ0) is 69.5. The van der Waals surface area contributed by atoms with Crippen LogP contribution in [0, 0.1) is 23.7 Å². The van der Waals surface area contributed by atoms with Gasteiger partial charge in [-0.15, -0.1) is 0 Å². The molecule has 0 aromatic heterocycles. The molecule has 1 amide bonds. The summed E-state index contributed by atoms with van der Waals surface area (Å²) in [5, 5.41) is 38.8. The molecule has 22 nitrogen and oxygen atoms in total. The lowest BCUT2D eigenvalue weighted by Crippen LogP contribution is -2.44. The second-order valence-electron chi connectivity index (χ2n) is 26.0. The molecular weight excluding hydrogens is 1230 g/mol. The molecule has 0 aliphatic carbocycles. The number of fused-ring (bicyclic) bond motifs is 2. The van der Waals surface area contributed by atoms with Gasteiger partial charge in [-0.05, 0) is 150 Å². The number of carbonyl (C=O) groups is 5. The lowest BCUT2D eigenvalue weighted by molar-refractivity contribution is -0.144. The van der Waals surface area contributed by atoms with Crippen molar-refractivity contribution in [3.63, 3.8) is 0 Å². The molecule has 0 bridgehead atoms. The number of carbonyl (C=O) groups excluding carboxylic acids is 1. The fraction of sp³-hybridized carbons (Fsp3) is 0.527. The number of hydrogen-bond acceptors (Lipinski definition) is 17. The van der Waals surface area contributed by atoms with Crippen LogP contribution in [0.25, 0.3) is 0 Å². The first kappa shape index (κ1) is 73.5. The Hall–Kier alpha value is -8.31. The summed E-state index contributed by atoms with van der Waals surface area (Å²) in [7, 11) is 12.4. The number of aliphatic carboxylic acids is 4. The summed E-state index contributed by atoms with van der Waals surface area (Å²) in [4.78, 5) is 71.3. The number of unbranched alkanes of at least 4 members (excludes halogenated alkanes) is 2. The van der Waals surface area contributed by atoms with Crippen molar-refractivity contribution in [1.82, 2.24) is 24.5 Å². The van der Waals surface area contributed by atoms with Crippen LogP contribution in [0.15, 0.2) is 103 Å². The molecule has 4 fully saturated rings. The first-order chi connectivity index (χ1) is 46.1. The molecule has 96 heavy (non-hydrogen) atoms. The highest BCUT2D eigenvalue weighted by Gasteiger charge is 2.49. The SMILES string of the molecule is CCCCN(CCCC)C(=O)CN1C[C@H](c2cc(OC)c3c(c2)OCO3)[C@@H](C(=O)O)[C@@H]1CCc1cccc2c1OCO2.COc1ccc([C@H]2CN(C)[C@@H](C)[C@@H]2C(=O)O)cc1.COc1ccc([C@H]2CN(C)[C@@H](C)[C@@H]2C(=O)O)cc1.COc1ccc([C@H]2CN(C)[C@@H](C)[C@@H]2C(=O)O)cc1. The lowest BCUT2D eigenvalue weighted by atomic mass is 9.83. The molecular formula is C74H99N5O17. The molecule has 22 heteroatoms. The smallest absolute Gasteiger partial charge is 0.308 e. The molecule has 5 aromatic rings. The van der Waals surface area contributed by atoms with E-state index in [1.54, 1.807) is 28.4 Å². The van der Waals surface area contributed by atoms with E-state index in [1.165, 1.54) is 0 Å². The van der Waals surface area contributed by atoms with Crippen LogP contribution in [0.1, 0.15) is 118 Å². The van der Waals surface area contributed by atoms with Crippen molar-refractivity contribution >= 4 is 29.8 Å². The van der Waals surface area contributed by atoms with Gasteiger partial charge in [0.05, 0.1) is 58.7 Å². The van der Waals surface area contributed by atoms with Crippen molar-refractivity contribution in [2.75, 3.05) is 109 Å². The highest BCUT2D eigenvalue weighted by molar-refractivity contribution is 5.79. The fourth-order valence-electron chi connectivity index (χ4n) is 14.6. The van der Waals surface area contributed by atoms with E-state index in [4.69, 9.17) is 37.9 Å². The first-order valence-electron chi connectivity index (χ1n) is 33.4. The number of hydrogen-bond donors (Lipinski definition) is 4. The van der Waals surface area contributed by atoms with Crippen molar-refractivity contribution in [1.29, 1.82) is 0 Å². The number of benzene rings is 5. The second-order valence-corrected chi connectivity index (χ2v) is 26.0. The number of likely N-dealkylation sites (N-methyl/N-ethyl adjacent to an activating group) is 3. The largest absolute Gasteiger partial charge is 0.497 e. The number of likely N-dealkylation sites (tertiary alicyclic amines) is 4. The molecule has 522 valence electrons. The molecule has 6 heterocycles. The second kappa shape index (κ2) is 34.1. The standard InChI is InChI=1S/C32H42N2O8.3C14H19NO3/c1-4-6-13-33(14-7-5-2)28(35)18-34-17-23(22-15-26(38-3)31-27(16-22)40-20-42-31)29(32(36)37)24(34)12-11-21-9-8-10-25-30(21)41-19-39-25;3*1-9-13(14(16)17)12(8-15(9)2)10-4-6-11(18-3)7-5-10/h8-10,15-16,23-24,29H,4-7,11-14,17-20H2,1-3H3,(H,36,37);3*4-7,9,12-13H,8H2,1-3H3,(H,16,17)/t23-,24+,29-;3*9-,12+,13-/m1000/s1. The van der Waals surface area contributed by atoms with E-state index in [2.05, 4.69) is 33.4 Å². The highest BCUT2D eigenvalue weighted by Crippen LogP contribution is 2.48. The lowest BCUT2D eigenvalue weighted by Gasteiger charge is -2.30. The van der Waals surface area contributed by atoms with Gasteiger partial charge in [0.15, 0.2) is 23.0 Å². The molecule has 0 radical (unpaired) electrons. The predicted molar refractivity (Wildman–Crippen MR) is 362 cm³/mol. The monoisotopic (exact) mass is 1330 g/mol. The number of methoxy groups -OCH3 is 4. The minimum absolute atomic E-state index is 0.0484. The highest BCUT2D eigenvalue weighted by atomic mass is 16.7. The van der Waals surface area contributed by atoms with Gasteiger partial charge >= 0.3 is 23.9 Å². The Kier molecular flexibility index (Phi) is 26.1. The van der Waals surface area contributed by atoms with Crippen molar-refractivity contribution in [3.8, 4) is 46.0 Å².